The van der Waals surface area contributed by atoms with Crippen molar-refractivity contribution in [1.29, 1.82) is 0 Å². The molecule has 1 aromatic heterocycles. The molecular weight excluding hydrogens is 349 g/mol. The lowest BCUT2D eigenvalue weighted by atomic mass is 10.0. The fraction of sp³-hybridized carbons (Fsp3) is 0.286. The maximum Gasteiger partial charge on any atom is 0.193 e. The van der Waals surface area contributed by atoms with E-state index in [4.69, 9.17) is 27.6 Å². The highest BCUT2D eigenvalue weighted by Crippen LogP contribution is 2.28. The first kappa shape index (κ1) is 14.9. The topological polar surface area (TPSA) is 25.2 Å². The zero-order valence-electron chi connectivity index (χ0n) is 10.4. The Morgan fingerprint density at radius 2 is 2.05 bits per heavy atom. The summed E-state index contributed by atoms with van der Waals surface area (Å²) in [4.78, 5) is 0. The van der Waals surface area contributed by atoms with Crippen molar-refractivity contribution in [2.45, 2.75) is 19.4 Å². The zero-order chi connectivity index (χ0) is 13.8. The van der Waals surface area contributed by atoms with Crippen LogP contribution in [0.2, 0.25) is 10.2 Å². The maximum absolute atomic E-state index is 6.25. The molecule has 0 bridgehead atoms. The molecule has 1 aromatic carbocycles. The van der Waals surface area contributed by atoms with Crippen molar-refractivity contribution in [1.82, 2.24) is 5.32 Å². The van der Waals surface area contributed by atoms with Crippen LogP contribution in [0.5, 0.6) is 0 Å². The number of benzene rings is 1. The van der Waals surface area contributed by atoms with Gasteiger partial charge in [-0.3, -0.25) is 0 Å². The van der Waals surface area contributed by atoms with Crippen molar-refractivity contribution in [3.63, 3.8) is 0 Å². The summed E-state index contributed by atoms with van der Waals surface area (Å²) in [5, 5.41) is 4.53. The van der Waals surface area contributed by atoms with Crippen LogP contribution in [-0.2, 0) is 6.42 Å². The highest BCUT2D eigenvalue weighted by Gasteiger charge is 2.16. The Hall–Kier alpha value is -0.480. The van der Waals surface area contributed by atoms with E-state index in [9.17, 15) is 0 Å². The normalized spacial score (nSPS) is 12.6. The molecule has 0 saturated carbocycles. The third-order valence-corrected chi connectivity index (χ3v) is 3.88. The number of hydrogen-bond donors (Lipinski definition) is 1. The van der Waals surface area contributed by atoms with E-state index in [0.717, 1.165) is 33.8 Å². The smallest absolute Gasteiger partial charge is 0.193 e. The van der Waals surface area contributed by atoms with Gasteiger partial charge in [-0.1, -0.05) is 40.5 Å². The molecule has 1 unspecified atom stereocenters. The van der Waals surface area contributed by atoms with Gasteiger partial charge in [0.05, 0.1) is 6.04 Å². The molecule has 2 aromatic rings. The van der Waals surface area contributed by atoms with E-state index >= 15 is 0 Å². The summed E-state index contributed by atoms with van der Waals surface area (Å²) in [6.07, 6.45) is 0.754. The summed E-state index contributed by atoms with van der Waals surface area (Å²) in [6, 6.07) is 9.61. The second kappa shape index (κ2) is 6.80. The predicted molar refractivity (Wildman–Crippen MR) is 83.0 cm³/mol. The lowest BCUT2D eigenvalue weighted by molar-refractivity contribution is 0.417. The van der Waals surface area contributed by atoms with E-state index in [1.807, 2.05) is 24.3 Å². The SMILES string of the molecule is CCNC(Cc1ccc(Br)cc1Cl)c1ccc(Cl)o1. The van der Waals surface area contributed by atoms with Gasteiger partial charge in [0, 0.05) is 9.50 Å². The number of hydrogen-bond acceptors (Lipinski definition) is 2. The first-order chi connectivity index (χ1) is 9.10. The summed E-state index contributed by atoms with van der Waals surface area (Å²) < 4.78 is 6.46. The second-order valence-electron chi connectivity index (χ2n) is 4.19. The fourth-order valence-electron chi connectivity index (χ4n) is 1.94. The largest absolute Gasteiger partial charge is 0.448 e. The van der Waals surface area contributed by atoms with Gasteiger partial charge in [0.2, 0.25) is 0 Å². The molecule has 1 atom stereocenters. The van der Waals surface area contributed by atoms with Gasteiger partial charge >= 0.3 is 0 Å². The summed E-state index contributed by atoms with van der Waals surface area (Å²) >= 11 is 15.5. The monoisotopic (exact) mass is 361 g/mol. The summed E-state index contributed by atoms with van der Waals surface area (Å²) in [7, 11) is 0. The van der Waals surface area contributed by atoms with E-state index in [1.54, 1.807) is 6.07 Å². The number of nitrogens with one attached hydrogen (secondary N) is 1. The third-order valence-electron chi connectivity index (χ3n) is 2.83. The highest BCUT2D eigenvalue weighted by molar-refractivity contribution is 9.10. The number of furan rings is 1. The minimum absolute atomic E-state index is 0.0659. The van der Waals surface area contributed by atoms with Gasteiger partial charge in [0.25, 0.3) is 0 Å². The van der Waals surface area contributed by atoms with Gasteiger partial charge in [-0.25, -0.2) is 0 Å². The molecule has 5 heteroatoms. The van der Waals surface area contributed by atoms with Crippen molar-refractivity contribution >= 4 is 39.1 Å². The van der Waals surface area contributed by atoms with Crippen molar-refractivity contribution in [3.8, 4) is 0 Å². The van der Waals surface area contributed by atoms with Crippen LogP contribution in [0.4, 0.5) is 0 Å². The Labute approximate surface area is 131 Å². The van der Waals surface area contributed by atoms with E-state index < -0.39 is 0 Å². The fourth-order valence-corrected chi connectivity index (χ4v) is 2.85. The molecule has 0 aliphatic carbocycles. The molecule has 0 aliphatic heterocycles. The Morgan fingerprint density at radius 1 is 1.26 bits per heavy atom. The molecule has 0 spiro atoms. The van der Waals surface area contributed by atoms with Crippen molar-refractivity contribution in [3.05, 3.63) is 56.4 Å². The van der Waals surface area contributed by atoms with Gasteiger partial charge in [-0.2, -0.15) is 0 Å². The van der Waals surface area contributed by atoms with Crippen LogP contribution in [0.1, 0.15) is 24.3 Å². The first-order valence-corrected chi connectivity index (χ1v) is 7.57. The van der Waals surface area contributed by atoms with Crippen molar-refractivity contribution < 1.29 is 4.42 Å². The summed E-state index contributed by atoms with van der Waals surface area (Å²) in [6.45, 7) is 2.90. The molecule has 0 amide bonds. The number of halogens is 3. The van der Waals surface area contributed by atoms with Crippen LogP contribution in [-0.4, -0.2) is 6.54 Å². The van der Waals surface area contributed by atoms with Crippen molar-refractivity contribution in [2.24, 2.45) is 0 Å². The molecule has 1 heterocycles. The van der Waals surface area contributed by atoms with E-state index in [2.05, 4.69) is 28.2 Å². The van der Waals surface area contributed by atoms with Crippen LogP contribution < -0.4 is 5.32 Å². The van der Waals surface area contributed by atoms with Crippen LogP contribution in [0, 0.1) is 0 Å². The van der Waals surface area contributed by atoms with Crippen LogP contribution in [0.15, 0.2) is 39.2 Å². The Kier molecular flexibility index (Phi) is 5.34. The average Bonchev–Trinajstić information content (AvgIpc) is 2.78. The zero-order valence-corrected chi connectivity index (χ0v) is 13.5. The number of likely N-dealkylation sites (N-methyl/N-ethyl adjacent to an activating group) is 1. The molecule has 0 radical (unpaired) electrons. The second-order valence-corrected chi connectivity index (χ2v) is 5.89. The molecule has 2 nitrogen and oxygen atoms in total. The molecule has 0 saturated heterocycles. The molecule has 0 aliphatic rings. The molecule has 2 rings (SSSR count). The lowest BCUT2D eigenvalue weighted by Gasteiger charge is -2.16. The molecule has 1 N–H and O–H groups in total. The molecule has 19 heavy (non-hydrogen) atoms. The van der Waals surface area contributed by atoms with Gasteiger partial charge in [-0.15, -0.1) is 0 Å². The Bertz CT molecular complexity index is 556. The third kappa shape index (κ3) is 3.99. The highest BCUT2D eigenvalue weighted by atomic mass is 79.9. The van der Waals surface area contributed by atoms with Crippen LogP contribution >= 0.6 is 39.1 Å². The Balaban J connectivity index is 2.21. The Morgan fingerprint density at radius 3 is 2.63 bits per heavy atom. The van der Waals surface area contributed by atoms with Gasteiger partial charge < -0.3 is 9.73 Å². The van der Waals surface area contributed by atoms with Crippen LogP contribution in [0.25, 0.3) is 0 Å². The summed E-state index contributed by atoms with van der Waals surface area (Å²) in [5.74, 6) is 0.825. The minimum atomic E-state index is 0.0659. The average molecular weight is 363 g/mol. The van der Waals surface area contributed by atoms with Gasteiger partial charge in [-0.05, 0) is 54.4 Å². The van der Waals surface area contributed by atoms with Crippen molar-refractivity contribution in [2.75, 3.05) is 6.54 Å². The lowest BCUT2D eigenvalue weighted by Crippen LogP contribution is -2.22. The number of rotatable bonds is 5. The maximum atomic E-state index is 6.25. The minimum Gasteiger partial charge on any atom is -0.448 e. The van der Waals surface area contributed by atoms with Crippen LogP contribution in [0.3, 0.4) is 0 Å². The quantitative estimate of drug-likeness (QED) is 0.786. The standard InChI is InChI=1S/C14H14BrCl2NO/c1-2-18-12(13-5-6-14(17)19-13)7-9-3-4-10(15)8-11(9)16/h3-6,8,12,18H,2,7H2,1H3. The van der Waals surface area contributed by atoms with E-state index in [1.165, 1.54) is 0 Å². The van der Waals surface area contributed by atoms with Gasteiger partial charge in [0.1, 0.15) is 5.76 Å². The summed E-state index contributed by atoms with van der Waals surface area (Å²) in [5.41, 5.74) is 1.07. The molecule has 102 valence electrons. The van der Waals surface area contributed by atoms with Gasteiger partial charge in [0.15, 0.2) is 5.22 Å². The predicted octanol–water partition coefficient (Wildman–Crippen LogP) is 5.24. The molecule has 0 fully saturated rings. The van der Waals surface area contributed by atoms with E-state index in [0.29, 0.717) is 5.22 Å². The van der Waals surface area contributed by atoms with E-state index in [-0.39, 0.29) is 6.04 Å². The molecular formula is C14H14BrCl2NO. The first-order valence-electron chi connectivity index (χ1n) is 6.02.